The average molecular weight is 470 g/mol. The lowest BCUT2D eigenvalue weighted by atomic mass is 10.3. The quantitative estimate of drug-likeness (QED) is 0.521. The first-order chi connectivity index (χ1) is 15.5. The van der Waals surface area contributed by atoms with Crippen LogP contribution in [-0.4, -0.2) is 44.1 Å². The van der Waals surface area contributed by atoms with Gasteiger partial charge in [-0.3, -0.25) is 0 Å². The molecule has 0 unspecified atom stereocenters. The summed E-state index contributed by atoms with van der Waals surface area (Å²) < 4.78 is 38.1. The van der Waals surface area contributed by atoms with E-state index in [0.29, 0.717) is 48.5 Å². The second-order valence-corrected chi connectivity index (χ2v) is 9.38. The minimum Gasteiger partial charge on any atom is -0.455 e. The zero-order valence-corrected chi connectivity index (χ0v) is 18.9. The predicted octanol–water partition coefficient (Wildman–Crippen LogP) is 4.31. The molecule has 0 saturated carbocycles. The van der Waals surface area contributed by atoms with Crippen molar-refractivity contribution in [3.05, 3.63) is 78.9 Å². The van der Waals surface area contributed by atoms with Crippen molar-refractivity contribution in [2.24, 2.45) is 0 Å². The summed E-state index contributed by atoms with van der Waals surface area (Å²) in [7, 11) is -3.53. The SMILES string of the molecule is O=S(=O)(c1ccc(NC(=S)Nc2ccccc2Oc2ccccc2)cc1)N1CCOCC1. The van der Waals surface area contributed by atoms with Gasteiger partial charge >= 0.3 is 0 Å². The molecule has 1 fully saturated rings. The summed E-state index contributed by atoms with van der Waals surface area (Å²) in [5.74, 6) is 1.35. The number of nitrogens with zero attached hydrogens (tertiary/aromatic N) is 1. The molecule has 0 atom stereocenters. The molecule has 3 aromatic rings. The maximum atomic E-state index is 12.7. The van der Waals surface area contributed by atoms with Crippen LogP contribution in [0.25, 0.3) is 0 Å². The number of para-hydroxylation sites is 3. The molecule has 7 nitrogen and oxygen atoms in total. The molecule has 1 aliphatic rings. The summed E-state index contributed by atoms with van der Waals surface area (Å²) in [6, 6.07) is 23.5. The van der Waals surface area contributed by atoms with Gasteiger partial charge in [-0.25, -0.2) is 8.42 Å². The van der Waals surface area contributed by atoms with Crippen LogP contribution in [0.4, 0.5) is 11.4 Å². The first-order valence-electron chi connectivity index (χ1n) is 10.1. The number of nitrogens with one attached hydrogen (secondary N) is 2. The monoisotopic (exact) mass is 469 g/mol. The fourth-order valence-electron chi connectivity index (χ4n) is 3.21. The zero-order chi connectivity index (χ0) is 22.4. The van der Waals surface area contributed by atoms with Crippen LogP contribution in [0.15, 0.2) is 83.8 Å². The third-order valence-corrected chi connectivity index (χ3v) is 6.94. The summed E-state index contributed by atoms with van der Waals surface area (Å²) >= 11 is 5.43. The Bertz CT molecular complexity index is 1160. The van der Waals surface area contributed by atoms with Crippen LogP contribution in [0, 0.1) is 0 Å². The molecule has 4 rings (SSSR count). The van der Waals surface area contributed by atoms with Crippen LogP contribution in [0.5, 0.6) is 11.5 Å². The number of anilines is 2. The third kappa shape index (κ3) is 5.43. The molecular formula is C23H23N3O4S2. The maximum Gasteiger partial charge on any atom is 0.243 e. The Labute approximate surface area is 193 Å². The molecule has 32 heavy (non-hydrogen) atoms. The fourth-order valence-corrected chi connectivity index (χ4v) is 4.84. The highest BCUT2D eigenvalue weighted by molar-refractivity contribution is 7.89. The van der Waals surface area contributed by atoms with E-state index in [1.165, 1.54) is 4.31 Å². The van der Waals surface area contributed by atoms with E-state index in [1.54, 1.807) is 24.3 Å². The van der Waals surface area contributed by atoms with Gasteiger partial charge in [0.05, 0.1) is 23.8 Å². The van der Waals surface area contributed by atoms with E-state index >= 15 is 0 Å². The Kier molecular flexibility index (Phi) is 7.01. The van der Waals surface area contributed by atoms with E-state index in [4.69, 9.17) is 21.7 Å². The molecule has 1 aliphatic heterocycles. The molecular weight excluding hydrogens is 446 g/mol. The molecule has 0 radical (unpaired) electrons. The van der Waals surface area contributed by atoms with Gasteiger partial charge in [0, 0.05) is 18.8 Å². The lowest BCUT2D eigenvalue weighted by Gasteiger charge is -2.26. The molecule has 0 bridgehead atoms. The molecule has 0 amide bonds. The lowest BCUT2D eigenvalue weighted by molar-refractivity contribution is 0.0730. The number of rotatable bonds is 6. The van der Waals surface area contributed by atoms with Gasteiger partial charge in [-0.1, -0.05) is 30.3 Å². The molecule has 0 aliphatic carbocycles. The molecule has 1 saturated heterocycles. The zero-order valence-electron chi connectivity index (χ0n) is 17.2. The van der Waals surface area contributed by atoms with Crippen LogP contribution in [0.2, 0.25) is 0 Å². The first-order valence-corrected chi connectivity index (χ1v) is 11.9. The highest BCUT2D eigenvalue weighted by atomic mass is 32.2. The van der Waals surface area contributed by atoms with E-state index < -0.39 is 10.0 Å². The van der Waals surface area contributed by atoms with Gasteiger partial charge in [-0.2, -0.15) is 4.31 Å². The Morgan fingerprint density at radius 1 is 0.875 bits per heavy atom. The topological polar surface area (TPSA) is 79.9 Å². The summed E-state index contributed by atoms with van der Waals surface area (Å²) in [6.07, 6.45) is 0. The molecule has 3 aromatic carbocycles. The second kappa shape index (κ2) is 10.1. The Balaban J connectivity index is 1.41. The largest absolute Gasteiger partial charge is 0.455 e. The summed E-state index contributed by atoms with van der Waals surface area (Å²) in [5.41, 5.74) is 1.38. The van der Waals surface area contributed by atoms with Crippen molar-refractivity contribution < 1.29 is 17.9 Å². The number of sulfonamides is 1. The van der Waals surface area contributed by atoms with Crippen molar-refractivity contribution in [2.45, 2.75) is 4.90 Å². The molecule has 0 aromatic heterocycles. The third-order valence-electron chi connectivity index (χ3n) is 4.83. The van der Waals surface area contributed by atoms with Gasteiger partial charge in [0.25, 0.3) is 0 Å². The van der Waals surface area contributed by atoms with E-state index in [9.17, 15) is 8.42 Å². The van der Waals surface area contributed by atoms with Gasteiger partial charge in [-0.05, 0) is 60.7 Å². The van der Waals surface area contributed by atoms with Gasteiger partial charge < -0.3 is 20.1 Å². The minimum absolute atomic E-state index is 0.241. The van der Waals surface area contributed by atoms with Gasteiger partial charge in [0.15, 0.2) is 10.9 Å². The summed E-state index contributed by atoms with van der Waals surface area (Å²) in [5, 5.41) is 6.57. The summed E-state index contributed by atoms with van der Waals surface area (Å²) in [4.78, 5) is 0.241. The molecule has 9 heteroatoms. The standard InChI is InChI=1S/C23H23N3O4S2/c27-32(28,26-14-16-29-17-15-26)20-12-10-18(11-13-20)24-23(31)25-21-8-4-5-9-22(21)30-19-6-2-1-3-7-19/h1-13H,14-17H2,(H2,24,25,31). The molecule has 2 N–H and O–H groups in total. The van der Waals surface area contributed by atoms with Crippen molar-refractivity contribution in [3.63, 3.8) is 0 Å². The highest BCUT2D eigenvalue weighted by Crippen LogP contribution is 2.29. The number of morpholine rings is 1. The van der Waals surface area contributed by atoms with Crippen molar-refractivity contribution in [3.8, 4) is 11.5 Å². The number of hydrogen-bond acceptors (Lipinski definition) is 5. The molecule has 0 spiro atoms. The smallest absolute Gasteiger partial charge is 0.243 e. The van der Waals surface area contributed by atoms with Gasteiger partial charge in [0.1, 0.15) is 5.75 Å². The van der Waals surface area contributed by atoms with E-state index in [1.807, 2.05) is 54.6 Å². The Hall–Kier alpha value is -2.98. The first kappa shape index (κ1) is 22.2. The second-order valence-electron chi connectivity index (χ2n) is 7.03. The number of hydrogen-bond donors (Lipinski definition) is 2. The highest BCUT2D eigenvalue weighted by Gasteiger charge is 2.26. The Morgan fingerprint density at radius 3 is 2.25 bits per heavy atom. The fraction of sp³-hybridized carbons (Fsp3) is 0.174. The van der Waals surface area contributed by atoms with E-state index in [2.05, 4.69) is 10.6 Å². The number of ether oxygens (including phenoxy) is 2. The van der Waals surface area contributed by atoms with Crippen LogP contribution in [0.1, 0.15) is 0 Å². The Morgan fingerprint density at radius 2 is 1.53 bits per heavy atom. The van der Waals surface area contributed by atoms with Crippen LogP contribution < -0.4 is 15.4 Å². The van der Waals surface area contributed by atoms with Crippen molar-refractivity contribution >= 4 is 38.7 Å². The number of thiocarbonyl (C=S) groups is 1. The van der Waals surface area contributed by atoms with Crippen LogP contribution in [0.3, 0.4) is 0 Å². The molecule has 166 valence electrons. The number of benzene rings is 3. The van der Waals surface area contributed by atoms with Crippen molar-refractivity contribution in [2.75, 3.05) is 36.9 Å². The van der Waals surface area contributed by atoms with E-state index in [0.717, 1.165) is 5.75 Å². The lowest BCUT2D eigenvalue weighted by Crippen LogP contribution is -2.40. The summed E-state index contributed by atoms with van der Waals surface area (Å²) in [6.45, 7) is 1.55. The van der Waals surface area contributed by atoms with Crippen molar-refractivity contribution in [1.29, 1.82) is 0 Å². The van der Waals surface area contributed by atoms with Crippen LogP contribution in [-0.2, 0) is 14.8 Å². The predicted molar refractivity (Wildman–Crippen MR) is 129 cm³/mol. The van der Waals surface area contributed by atoms with E-state index in [-0.39, 0.29) is 4.90 Å². The normalized spacial score (nSPS) is 14.5. The average Bonchev–Trinajstić information content (AvgIpc) is 2.82. The minimum atomic E-state index is -3.53. The van der Waals surface area contributed by atoms with Gasteiger partial charge in [0.2, 0.25) is 10.0 Å². The molecule has 1 heterocycles. The van der Waals surface area contributed by atoms with Gasteiger partial charge in [-0.15, -0.1) is 0 Å². The van der Waals surface area contributed by atoms with Crippen LogP contribution >= 0.6 is 12.2 Å². The van der Waals surface area contributed by atoms with Crippen molar-refractivity contribution in [1.82, 2.24) is 4.31 Å². The maximum absolute atomic E-state index is 12.7.